The van der Waals surface area contributed by atoms with Gasteiger partial charge in [0.15, 0.2) is 0 Å². The molecular weight excluding hydrogens is 338 g/mol. The second-order valence-electron chi connectivity index (χ2n) is 6.67. The Morgan fingerprint density at radius 2 is 1.63 bits per heavy atom. The summed E-state index contributed by atoms with van der Waals surface area (Å²) in [6.45, 7) is 6.59. The van der Waals surface area contributed by atoms with E-state index in [2.05, 4.69) is 50.8 Å². The average molecular weight is 363 g/mol. The summed E-state index contributed by atoms with van der Waals surface area (Å²) in [5.74, 6) is 0. The van der Waals surface area contributed by atoms with Crippen LogP contribution in [0.25, 0.3) is 0 Å². The van der Waals surface area contributed by atoms with Crippen LogP contribution < -0.4 is 10.6 Å². The Balaban J connectivity index is 1.31. The van der Waals surface area contributed by atoms with Gasteiger partial charge in [0.1, 0.15) is 0 Å². The standard InChI is InChI=1S/C21H25N5O/c22-16-18-6-8-20(9-7-18)24-21(27)23-10-11-25-12-14-26(15-13-25)17-19-4-2-1-3-5-19/h1-9H,10-15,17H2,(H2,23,24,27). The van der Waals surface area contributed by atoms with Crippen LogP contribution in [-0.2, 0) is 6.54 Å². The molecule has 1 fully saturated rings. The zero-order valence-corrected chi connectivity index (χ0v) is 15.4. The Labute approximate surface area is 160 Å². The number of nitriles is 1. The third kappa shape index (κ3) is 6.10. The number of amides is 2. The molecule has 0 aromatic heterocycles. The van der Waals surface area contributed by atoms with Crippen molar-refractivity contribution >= 4 is 11.7 Å². The van der Waals surface area contributed by atoms with Gasteiger partial charge in [0.2, 0.25) is 0 Å². The van der Waals surface area contributed by atoms with Crippen LogP contribution in [0.15, 0.2) is 54.6 Å². The van der Waals surface area contributed by atoms with Crippen LogP contribution in [0.1, 0.15) is 11.1 Å². The first-order valence-electron chi connectivity index (χ1n) is 9.26. The smallest absolute Gasteiger partial charge is 0.319 e. The summed E-state index contributed by atoms with van der Waals surface area (Å²) in [4.78, 5) is 16.8. The van der Waals surface area contributed by atoms with E-state index in [4.69, 9.17) is 5.26 Å². The van der Waals surface area contributed by atoms with Crippen molar-refractivity contribution in [1.29, 1.82) is 5.26 Å². The van der Waals surface area contributed by atoms with Crippen LogP contribution in [-0.4, -0.2) is 55.1 Å². The summed E-state index contributed by atoms with van der Waals surface area (Å²) in [7, 11) is 0. The van der Waals surface area contributed by atoms with E-state index in [1.54, 1.807) is 24.3 Å². The minimum absolute atomic E-state index is 0.220. The summed E-state index contributed by atoms with van der Waals surface area (Å²) in [6, 6.07) is 19.2. The van der Waals surface area contributed by atoms with Crippen molar-refractivity contribution in [3.8, 4) is 6.07 Å². The second kappa shape index (κ2) is 9.72. The number of hydrogen-bond donors (Lipinski definition) is 2. The number of piperazine rings is 1. The number of anilines is 1. The number of hydrogen-bond acceptors (Lipinski definition) is 4. The minimum Gasteiger partial charge on any atom is -0.337 e. The summed E-state index contributed by atoms with van der Waals surface area (Å²) in [6.07, 6.45) is 0. The van der Waals surface area contributed by atoms with Gasteiger partial charge in [-0.25, -0.2) is 4.79 Å². The Morgan fingerprint density at radius 1 is 0.963 bits per heavy atom. The van der Waals surface area contributed by atoms with Gasteiger partial charge in [0.25, 0.3) is 0 Å². The van der Waals surface area contributed by atoms with Gasteiger partial charge in [-0.3, -0.25) is 9.80 Å². The maximum absolute atomic E-state index is 11.9. The Kier molecular flexibility index (Phi) is 6.80. The van der Waals surface area contributed by atoms with Crippen molar-refractivity contribution in [3.05, 3.63) is 65.7 Å². The van der Waals surface area contributed by atoms with Gasteiger partial charge in [-0.15, -0.1) is 0 Å². The van der Waals surface area contributed by atoms with Crippen LogP contribution in [0.3, 0.4) is 0 Å². The van der Waals surface area contributed by atoms with Crippen molar-refractivity contribution < 1.29 is 4.79 Å². The third-order valence-corrected chi connectivity index (χ3v) is 4.70. The van der Waals surface area contributed by atoms with Crippen LogP contribution in [0.2, 0.25) is 0 Å². The van der Waals surface area contributed by atoms with E-state index in [0.717, 1.165) is 39.3 Å². The van der Waals surface area contributed by atoms with Gasteiger partial charge in [0, 0.05) is 51.5 Å². The molecule has 140 valence electrons. The molecule has 27 heavy (non-hydrogen) atoms. The molecule has 0 radical (unpaired) electrons. The molecule has 0 saturated carbocycles. The predicted molar refractivity (Wildman–Crippen MR) is 106 cm³/mol. The number of nitrogens with zero attached hydrogens (tertiary/aromatic N) is 3. The molecule has 0 atom stereocenters. The highest BCUT2D eigenvalue weighted by molar-refractivity contribution is 5.89. The molecule has 1 heterocycles. The fourth-order valence-electron chi connectivity index (χ4n) is 3.14. The van der Waals surface area contributed by atoms with E-state index in [9.17, 15) is 4.79 Å². The van der Waals surface area contributed by atoms with Crippen molar-refractivity contribution in [3.63, 3.8) is 0 Å². The van der Waals surface area contributed by atoms with Gasteiger partial charge in [-0.2, -0.15) is 5.26 Å². The molecule has 0 spiro atoms. The molecule has 1 saturated heterocycles. The molecular formula is C21H25N5O. The van der Waals surface area contributed by atoms with Crippen molar-refractivity contribution in [1.82, 2.24) is 15.1 Å². The van der Waals surface area contributed by atoms with Gasteiger partial charge in [-0.1, -0.05) is 30.3 Å². The van der Waals surface area contributed by atoms with Crippen LogP contribution in [0.4, 0.5) is 10.5 Å². The van der Waals surface area contributed by atoms with Gasteiger partial charge < -0.3 is 10.6 Å². The molecule has 0 unspecified atom stereocenters. The summed E-state index contributed by atoms with van der Waals surface area (Å²) in [5.41, 5.74) is 2.61. The highest BCUT2D eigenvalue weighted by atomic mass is 16.2. The van der Waals surface area contributed by atoms with Crippen molar-refractivity contribution in [2.24, 2.45) is 0 Å². The average Bonchev–Trinajstić information content (AvgIpc) is 2.71. The fraction of sp³-hybridized carbons (Fsp3) is 0.333. The van der Waals surface area contributed by atoms with Gasteiger partial charge in [-0.05, 0) is 29.8 Å². The van der Waals surface area contributed by atoms with Crippen molar-refractivity contribution in [2.45, 2.75) is 6.54 Å². The summed E-state index contributed by atoms with van der Waals surface area (Å²) in [5, 5.41) is 14.5. The molecule has 6 nitrogen and oxygen atoms in total. The number of rotatable bonds is 6. The largest absolute Gasteiger partial charge is 0.337 e. The molecule has 2 aromatic rings. The van der Waals surface area contributed by atoms with Gasteiger partial charge in [0.05, 0.1) is 11.6 Å². The monoisotopic (exact) mass is 363 g/mol. The van der Waals surface area contributed by atoms with Crippen molar-refractivity contribution in [2.75, 3.05) is 44.6 Å². The Morgan fingerprint density at radius 3 is 2.30 bits per heavy atom. The fourth-order valence-corrected chi connectivity index (χ4v) is 3.14. The molecule has 0 aliphatic carbocycles. The molecule has 2 aromatic carbocycles. The maximum Gasteiger partial charge on any atom is 0.319 e. The first-order valence-corrected chi connectivity index (χ1v) is 9.26. The third-order valence-electron chi connectivity index (χ3n) is 4.70. The first kappa shape index (κ1) is 18.9. The van der Waals surface area contributed by atoms with E-state index in [1.165, 1.54) is 5.56 Å². The van der Waals surface area contributed by atoms with Crippen LogP contribution in [0, 0.1) is 11.3 Å². The van der Waals surface area contributed by atoms with Gasteiger partial charge >= 0.3 is 6.03 Å². The number of carbonyl (C=O) groups is 1. The molecule has 1 aliphatic heterocycles. The Hall–Kier alpha value is -2.88. The Bertz CT molecular complexity index is 761. The SMILES string of the molecule is N#Cc1ccc(NC(=O)NCCN2CCN(Cc3ccccc3)CC2)cc1. The number of nitrogens with one attached hydrogen (secondary N) is 2. The normalized spacial score (nSPS) is 15.1. The summed E-state index contributed by atoms with van der Waals surface area (Å²) >= 11 is 0. The lowest BCUT2D eigenvalue weighted by molar-refractivity contribution is 0.128. The number of benzene rings is 2. The van der Waals surface area contributed by atoms with E-state index in [1.807, 2.05) is 6.07 Å². The number of urea groups is 1. The topological polar surface area (TPSA) is 71.4 Å². The van der Waals surface area contributed by atoms with Crippen LogP contribution >= 0.6 is 0 Å². The zero-order valence-electron chi connectivity index (χ0n) is 15.4. The molecule has 2 N–H and O–H groups in total. The number of carbonyl (C=O) groups excluding carboxylic acids is 1. The van der Waals surface area contributed by atoms with E-state index in [-0.39, 0.29) is 6.03 Å². The lowest BCUT2D eigenvalue weighted by Crippen LogP contribution is -2.48. The molecule has 3 rings (SSSR count). The van der Waals surface area contributed by atoms with E-state index in [0.29, 0.717) is 17.8 Å². The maximum atomic E-state index is 11.9. The highest BCUT2D eigenvalue weighted by Gasteiger charge is 2.16. The second-order valence-corrected chi connectivity index (χ2v) is 6.67. The molecule has 6 heteroatoms. The van der Waals surface area contributed by atoms with E-state index < -0.39 is 0 Å². The summed E-state index contributed by atoms with van der Waals surface area (Å²) < 4.78 is 0. The van der Waals surface area contributed by atoms with Crippen LogP contribution in [0.5, 0.6) is 0 Å². The minimum atomic E-state index is -0.220. The first-order chi connectivity index (χ1) is 13.2. The lowest BCUT2D eigenvalue weighted by atomic mass is 10.2. The van der Waals surface area contributed by atoms with E-state index >= 15 is 0 Å². The molecule has 2 amide bonds. The molecule has 0 bridgehead atoms. The zero-order chi connectivity index (χ0) is 18.9. The lowest BCUT2D eigenvalue weighted by Gasteiger charge is -2.34. The quantitative estimate of drug-likeness (QED) is 0.827. The molecule has 1 aliphatic rings. The predicted octanol–water partition coefficient (Wildman–Crippen LogP) is 2.50. The highest BCUT2D eigenvalue weighted by Crippen LogP contribution is 2.09.